The van der Waals surface area contributed by atoms with E-state index in [1.54, 1.807) is 0 Å². The summed E-state index contributed by atoms with van der Waals surface area (Å²) in [6.07, 6.45) is 4.71. The van der Waals surface area contributed by atoms with Crippen molar-refractivity contribution in [3.05, 3.63) is 47.8 Å². The number of fused-ring (bicyclic) bond motifs is 1. The molecule has 1 aromatic carbocycles. The van der Waals surface area contributed by atoms with Gasteiger partial charge in [0.2, 0.25) is 0 Å². The van der Waals surface area contributed by atoms with Crippen molar-refractivity contribution in [3.8, 4) is 5.75 Å². The van der Waals surface area contributed by atoms with Crippen LogP contribution < -0.4 is 15.8 Å². The third-order valence-corrected chi connectivity index (χ3v) is 3.65. The average Bonchev–Trinajstić information content (AvgIpc) is 2.93. The lowest BCUT2D eigenvalue weighted by atomic mass is 10.0. The zero-order valence-electron chi connectivity index (χ0n) is 13.1. The third-order valence-electron chi connectivity index (χ3n) is 3.65. The molecular formula is C16H22IN5O. The highest BCUT2D eigenvalue weighted by Gasteiger charge is 2.21. The Hall–Kier alpha value is -1.77. The van der Waals surface area contributed by atoms with Gasteiger partial charge in [-0.3, -0.25) is 9.67 Å². The maximum Gasteiger partial charge on any atom is 0.189 e. The molecular weight excluding hydrogens is 405 g/mol. The lowest BCUT2D eigenvalue weighted by Gasteiger charge is -2.26. The fraction of sp³-hybridized carbons (Fsp3) is 0.375. The summed E-state index contributed by atoms with van der Waals surface area (Å²) in [5.41, 5.74) is 8.28. The SMILES string of the molecule is Cc1cnn(CCN=C(N)NC2CCOc3ccccc32)c1.I. The second-order valence-electron chi connectivity index (χ2n) is 5.42. The molecule has 0 radical (unpaired) electrons. The monoisotopic (exact) mass is 427 g/mol. The van der Waals surface area contributed by atoms with Crippen molar-refractivity contribution < 1.29 is 4.74 Å². The summed E-state index contributed by atoms with van der Waals surface area (Å²) in [5.74, 6) is 1.39. The first-order valence-corrected chi connectivity index (χ1v) is 7.49. The normalized spacial score (nSPS) is 16.9. The molecule has 0 saturated heterocycles. The topological polar surface area (TPSA) is 77.5 Å². The number of halogens is 1. The zero-order chi connectivity index (χ0) is 15.4. The van der Waals surface area contributed by atoms with Gasteiger partial charge in [0.05, 0.1) is 31.9 Å². The van der Waals surface area contributed by atoms with E-state index in [1.165, 1.54) is 0 Å². The van der Waals surface area contributed by atoms with Crippen molar-refractivity contribution in [1.29, 1.82) is 0 Å². The lowest BCUT2D eigenvalue weighted by Crippen LogP contribution is -2.37. The van der Waals surface area contributed by atoms with E-state index in [4.69, 9.17) is 10.5 Å². The molecule has 2 aromatic rings. The minimum Gasteiger partial charge on any atom is -0.493 e. The molecule has 6 nitrogen and oxygen atoms in total. The summed E-state index contributed by atoms with van der Waals surface area (Å²) in [6.45, 7) is 4.03. The molecule has 1 unspecified atom stereocenters. The minimum absolute atomic E-state index is 0. The molecule has 0 amide bonds. The summed E-state index contributed by atoms with van der Waals surface area (Å²) in [6, 6.07) is 8.18. The molecule has 1 aliphatic rings. The Kier molecular flexibility index (Phi) is 6.26. The Morgan fingerprint density at radius 1 is 1.48 bits per heavy atom. The van der Waals surface area contributed by atoms with Crippen molar-refractivity contribution in [2.24, 2.45) is 10.7 Å². The number of nitrogens with one attached hydrogen (secondary N) is 1. The molecule has 124 valence electrons. The van der Waals surface area contributed by atoms with Gasteiger partial charge in [0.1, 0.15) is 5.75 Å². The number of ether oxygens (including phenoxy) is 1. The molecule has 0 aliphatic carbocycles. The number of hydrogen-bond donors (Lipinski definition) is 2. The van der Waals surface area contributed by atoms with Crippen LogP contribution in [0.1, 0.15) is 23.6 Å². The molecule has 7 heteroatoms. The highest BCUT2D eigenvalue weighted by Crippen LogP contribution is 2.31. The van der Waals surface area contributed by atoms with Crippen LogP contribution in [0.15, 0.2) is 41.7 Å². The maximum absolute atomic E-state index is 6.00. The first-order chi connectivity index (χ1) is 10.7. The lowest BCUT2D eigenvalue weighted by molar-refractivity contribution is 0.262. The van der Waals surface area contributed by atoms with Gasteiger partial charge in [-0.2, -0.15) is 5.10 Å². The second kappa shape index (κ2) is 8.19. The van der Waals surface area contributed by atoms with E-state index in [1.807, 2.05) is 42.2 Å². The van der Waals surface area contributed by atoms with E-state index in [9.17, 15) is 0 Å². The number of hydrogen-bond acceptors (Lipinski definition) is 3. The first-order valence-electron chi connectivity index (χ1n) is 7.49. The Labute approximate surface area is 153 Å². The van der Waals surface area contributed by atoms with Crippen LogP contribution in [0, 0.1) is 6.92 Å². The van der Waals surface area contributed by atoms with E-state index < -0.39 is 0 Å². The van der Waals surface area contributed by atoms with Gasteiger partial charge in [0, 0.05) is 18.2 Å². The molecule has 0 fully saturated rings. The molecule has 23 heavy (non-hydrogen) atoms. The molecule has 1 aromatic heterocycles. The Morgan fingerprint density at radius 2 is 2.30 bits per heavy atom. The Balaban J connectivity index is 0.00000192. The quantitative estimate of drug-likeness (QED) is 0.446. The number of guanidine groups is 1. The summed E-state index contributed by atoms with van der Waals surface area (Å²) < 4.78 is 7.52. The number of aryl methyl sites for hydroxylation is 1. The Bertz CT molecular complexity index is 670. The number of nitrogens with zero attached hydrogens (tertiary/aromatic N) is 3. The average molecular weight is 427 g/mol. The van der Waals surface area contributed by atoms with Crippen LogP contribution >= 0.6 is 24.0 Å². The minimum atomic E-state index is 0. The third kappa shape index (κ3) is 4.60. The highest BCUT2D eigenvalue weighted by molar-refractivity contribution is 14.0. The van der Waals surface area contributed by atoms with Gasteiger partial charge >= 0.3 is 0 Å². The van der Waals surface area contributed by atoms with Crippen LogP contribution in [-0.2, 0) is 6.54 Å². The number of nitrogens with two attached hydrogens (primary N) is 1. The fourth-order valence-electron chi connectivity index (χ4n) is 2.58. The molecule has 3 N–H and O–H groups in total. The van der Waals surface area contributed by atoms with Crippen molar-refractivity contribution in [2.45, 2.75) is 25.9 Å². The Morgan fingerprint density at radius 3 is 3.09 bits per heavy atom. The maximum atomic E-state index is 6.00. The van der Waals surface area contributed by atoms with Crippen LogP contribution in [0.5, 0.6) is 5.75 Å². The molecule has 1 atom stereocenters. The van der Waals surface area contributed by atoms with Gasteiger partial charge < -0.3 is 15.8 Å². The number of aromatic nitrogens is 2. The summed E-state index contributed by atoms with van der Waals surface area (Å²) in [7, 11) is 0. The van der Waals surface area contributed by atoms with Crippen LogP contribution in [-0.4, -0.2) is 28.9 Å². The van der Waals surface area contributed by atoms with E-state index in [0.29, 0.717) is 19.1 Å². The van der Waals surface area contributed by atoms with Gasteiger partial charge in [-0.15, -0.1) is 24.0 Å². The van der Waals surface area contributed by atoms with Crippen LogP contribution in [0.3, 0.4) is 0 Å². The van der Waals surface area contributed by atoms with E-state index in [2.05, 4.69) is 21.5 Å². The van der Waals surface area contributed by atoms with E-state index in [0.717, 1.165) is 29.8 Å². The fourth-order valence-corrected chi connectivity index (χ4v) is 2.58. The van der Waals surface area contributed by atoms with Crippen LogP contribution in [0.25, 0.3) is 0 Å². The summed E-state index contributed by atoms with van der Waals surface area (Å²) in [5, 5.41) is 7.51. The van der Waals surface area contributed by atoms with Crippen molar-refractivity contribution in [3.63, 3.8) is 0 Å². The molecule has 3 rings (SSSR count). The van der Waals surface area contributed by atoms with Gasteiger partial charge in [-0.05, 0) is 18.6 Å². The van der Waals surface area contributed by atoms with Crippen molar-refractivity contribution >= 4 is 29.9 Å². The standard InChI is InChI=1S/C16H21N5O.HI/c1-12-10-19-21(11-12)8-7-18-16(17)20-14-6-9-22-15-5-3-2-4-13(14)15;/h2-5,10-11,14H,6-9H2,1H3,(H3,17,18,20);1H. The predicted molar refractivity (Wildman–Crippen MR) is 101 cm³/mol. The number of para-hydroxylation sites is 1. The van der Waals surface area contributed by atoms with Gasteiger partial charge in [-0.1, -0.05) is 18.2 Å². The van der Waals surface area contributed by atoms with Crippen molar-refractivity contribution in [2.75, 3.05) is 13.2 Å². The first kappa shape index (κ1) is 17.6. The molecule has 1 aliphatic heterocycles. The molecule has 0 saturated carbocycles. The number of aliphatic imine (C=N–C) groups is 1. The zero-order valence-corrected chi connectivity index (χ0v) is 15.4. The summed E-state index contributed by atoms with van der Waals surface area (Å²) >= 11 is 0. The number of rotatable bonds is 4. The van der Waals surface area contributed by atoms with E-state index in [-0.39, 0.29) is 30.0 Å². The molecule has 2 heterocycles. The van der Waals surface area contributed by atoms with Gasteiger partial charge in [-0.25, -0.2) is 0 Å². The van der Waals surface area contributed by atoms with Crippen LogP contribution in [0.2, 0.25) is 0 Å². The predicted octanol–water partition coefficient (Wildman–Crippen LogP) is 2.24. The second-order valence-corrected chi connectivity index (χ2v) is 5.42. The highest BCUT2D eigenvalue weighted by atomic mass is 127. The van der Waals surface area contributed by atoms with Gasteiger partial charge in [0.15, 0.2) is 5.96 Å². The summed E-state index contributed by atoms with van der Waals surface area (Å²) in [4.78, 5) is 4.38. The smallest absolute Gasteiger partial charge is 0.189 e. The van der Waals surface area contributed by atoms with Crippen LogP contribution in [0.4, 0.5) is 0 Å². The molecule has 0 spiro atoms. The van der Waals surface area contributed by atoms with Crippen molar-refractivity contribution in [1.82, 2.24) is 15.1 Å². The largest absolute Gasteiger partial charge is 0.493 e. The van der Waals surface area contributed by atoms with Gasteiger partial charge in [0.25, 0.3) is 0 Å². The van der Waals surface area contributed by atoms with E-state index >= 15 is 0 Å². The molecule has 0 bridgehead atoms. The number of benzene rings is 1.